The Kier molecular flexibility index (Phi) is 7.28. The molecule has 6 aromatic rings. The zero-order chi connectivity index (χ0) is 28.6. The minimum atomic E-state index is -2.77. The van der Waals surface area contributed by atoms with Crippen LogP contribution in [0.15, 0.2) is 119 Å². The van der Waals surface area contributed by atoms with Crippen LogP contribution in [-0.4, -0.2) is 47.9 Å². The van der Waals surface area contributed by atoms with Gasteiger partial charge in [0, 0.05) is 32.3 Å². The summed E-state index contributed by atoms with van der Waals surface area (Å²) in [6.07, 6.45) is 3.79. The normalized spacial score (nSPS) is 12.5. The zero-order valence-corrected chi connectivity index (χ0v) is 24.9. The molecular weight excluding hydrogens is 543 g/mol. The quantitative estimate of drug-likeness (QED) is 0.0701. The Bertz CT molecular complexity index is 1770. The fourth-order valence-corrected chi connectivity index (χ4v) is 7.21. The topological polar surface area (TPSA) is 60.5 Å². The average Bonchev–Trinajstić information content (AvgIpc) is 3.00. The van der Waals surface area contributed by atoms with Crippen molar-refractivity contribution in [1.29, 1.82) is 0 Å². The monoisotopic (exact) mass is 574 g/mol. The van der Waals surface area contributed by atoms with Crippen molar-refractivity contribution < 1.29 is 0 Å². The van der Waals surface area contributed by atoms with Gasteiger partial charge in [0.1, 0.15) is 0 Å². The van der Waals surface area contributed by atoms with E-state index in [0.29, 0.717) is 0 Å². The van der Waals surface area contributed by atoms with Crippen LogP contribution in [0.4, 0.5) is 0 Å². The molecule has 0 aliphatic rings. The highest BCUT2D eigenvalue weighted by Gasteiger charge is 2.30. The maximum Gasteiger partial charge on any atom is 0.237 e. The molecule has 0 atom stereocenters. The molecule has 6 nitrogen and oxygen atoms in total. The molecule has 41 heavy (non-hydrogen) atoms. The molecule has 0 unspecified atom stereocenters. The van der Waals surface area contributed by atoms with Gasteiger partial charge >= 0.3 is 0 Å². The summed E-state index contributed by atoms with van der Waals surface area (Å²) in [5, 5.41) is 18.9. The zero-order valence-electron chi connectivity index (χ0n) is 23.2. The van der Waals surface area contributed by atoms with Crippen LogP contribution >= 0.6 is 6.49 Å². The van der Waals surface area contributed by atoms with Crippen molar-refractivity contribution in [3.05, 3.63) is 120 Å². The lowest BCUT2D eigenvalue weighted by molar-refractivity contribution is 0.414. The molecule has 0 radical (unpaired) electrons. The minimum absolute atomic E-state index is 1.04. The second-order valence-corrected chi connectivity index (χ2v) is 14.3. The van der Waals surface area contributed by atoms with Crippen molar-refractivity contribution in [3.8, 4) is 0 Å². The van der Waals surface area contributed by atoms with E-state index in [1.165, 1.54) is 0 Å². The molecule has 8 heteroatoms. The Morgan fingerprint density at radius 1 is 0.561 bits per heavy atom. The Morgan fingerprint density at radius 2 is 0.854 bits per heavy atom. The summed E-state index contributed by atoms with van der Waals surface area (Å²) in [6.45, 7) is -2.77. The SMILES string of the molecule is CN(N)P(=S)(N(C)/N=C/c1c2ccccc2cc2ccccc12)N(C)/N=C/c1c2ccccc2cc2ccccc12. The number of nitrogens with zero attached hydrogens (tertiary/aromatic N) is 5. The van der Waals surface area contributed by atoms with E-state index in [1.807, 2.05) is 26.5 Å². The van der Waals surface area contributed by atoms with Crippen LogP contribution in [0.1, 0.15) is 11.1 Å². The molecule has 0 aromatic heterocycles. The fourth-order valence-electron chi connectivity index (χ4n) is 5.39. The largest absolute Gasteiger partial charge is 0.262 e. The second kappa shape index (κ2) is 11.0. The first-order valence-electron chi connectivity index (χ1n) is 13.3. The third kappa shape index (κ3) is 4.88. The van der Waals surface area contributed by atoms with Gasteiger partial charge in [-0.05, 0) is 67.0 Å². The number of hydrazine groups is 1. The van der Waals surface area contributed by atoms with Gasteiger partial charge in [0.25, 0.3) is 0 Å². The van der Waals surface area contributed by atoms with Crippen molar-refractivity contribution in [3.63, 3.8) is 0 Å². The first-order chi connectivity index (χ1) is 19.9. The van der Waals surface area contributed by atoms with E-state index in [2.05, 4.69) is 109 Å². The van der Waals surface area contributed by atoms with Crippen molar-refractivity contribution in [2.24, 2.45) is 16.0 Å². The van der Waals surface area contributed by atoms with E-state index < -0.39 is 6.49 Å². The van der Waals surface area contributed by atoms with Gasteiger partial charge in [-0.25, -0.2) is 9.56 Å². The molecule has 0 saturated carbocycles. The molecule has 0 spiro atoms. The van der Waals surface area contributed by atoms with E-state index in [0.717, 1.165) is 54.2 Å². The molecule has 0 saturated heterocycles. The molecule has 204 valence electrons. The van der Waals surface area contributed by atoms with Crippen molar-refractivity contribution >= 4 is 73.8 Å². The lowest BCUT2D eigenvalue weighted by Crippen LogP contribution is -2.35. The lowest BCUT2D eigenvalue weighted by Gasteiger charge is -2.38. The van der Waals surface area contributed by atoms with E-state index >= 15 is 0 Å². The van der Waals surface area contributed by atoms with Crippen LogP contribution in [0.3, 0.4) is 0 Å². The van der Waals surface area contributed by atoms with Crippen LogP contribution in [-0.2, 0) is 11.8 Å². The predicted octanol–water partition coefficient (Wildman–Crippen LogP) is 7.56. The number of benzene rings is 6. The van der Waals surface area contributed by atoms with Gasteiger partial charge < -0.3 is 0 Å². The van der Waals surface area contributed by atoms with Crippen LogP contribution in [0, 0.1) is 0 Å². The summed E-state index contributed by atoms with van der Waals surface area (Å²) < 4.78 is 5.11. The minimum Gasteiger partial charge on any atom is -0.262 e. The fraction of sp³-hybridized carbons (Fsp3) is 0.0909. The van der Waals surface area contributed by atoms with Crippen molar-refractivity contribution in [1.82, 2.24) is 14.3 Å². The third-order valence-corrected chi connectivity index (χ3v) is 12.2. The van der Waals surface area contributed by atoms with Gasteiger partial charge in [0.15, 0.2) is 0 Å². The van der Waals surface area contributed by atoms with Gasteiger partial charge in [-0.3, -0.25) is 5.84 Å². The van der Waals surface area contributed by atoms with Gasteiger partial charge in [0.05, 0.1) is 12.4 Å². The summed E-state index contributed by atoms with van der Waals surface area (Å²) in [7, 11) is 5.51. The van der Waals surface area contributed by atoms with Crippen LogP contribution in [0.5, 0.6) is 0 Å². The Hall–Kier alpha value is -4.13. The number of nitrogens with two attached hydrogens (primary N) is 1. The highest BCUT2D eigenvalue weighted by molar-refractivity contribution is 8.11. The molecule has 6 aromatic carbocycles. The van der Waals surface area contributed by atoms with E-state index in [-0.39, 0.29) is 0 Å². The molecular formula is C33H31N6PS. The van der Waals surface area contributed by atoms with Gasteiger partial charge in [-0.1, -0.05) is 97.1 Å². The van der Waals surface area contributed by atoms with Gasteiger partial charge in [0.2, 0.25) is 6.49 Å². The average molecular weight is 575 g/mol. The standard InChI is InChI=1S/C33H31N6PS/c1-37(34)40(41,38(2)35-22-32-28-16-8-4-12-24(28)20-25-13-5-9-17-29(25)32)39(3)36-23-33-30-18-10-6-14-26(30)21-27-15-7-11-19-31(27)33/h4-23H,34H2,1-3H3/b35-22+,36-23+. The second-order valence-electron chi connectivity index (χ2n) is 10.0. The number of rotatable bonds is 7. The maximum absolute atomic E-state index is 6.42. The van der Waals surface area contributed by atoms with Crippen molar-refractivity contribution in [2.45, 2.75) is 0 Å². The van der Waals surface area contributed by atoms with E-state index in [4.69, 9.17) is 27.9 Å². The molecule has 6 rings (SSSR count). The van der Waals surface area contributed by atoms with E-state index in [9.17, 15) is 0 Å². The summed E-state index contributed by atoms with van der Waals surface area (Å²) in [5.41, 5.74) is 2.08. The first-order valence-corrected chi connectivity index (χ1v) is 16.0. The highest BCUT2D eigenvalue weighted by atomic mass is 32.4. The molecule has 0 bridgehead atoms. The summed E-state index contributed by atoms with van der Waals surface area (Å²) in [5.74, 6) is 6.42. The first kappa shape index (κ1) is 27.1. The molecule has 0 heterocycles. The van der Waals surface area contributed by atoms with Crippen LogP contribution in [0.2, 0.25) is 0 Å². The summed E-state index contributed by atoms with van der Waals surface area (Å²) in [6, 6.07) is 37.8. The number of hydrogen-bond acceptors (Lipinski definition) is 4. The van der Waals surface area contributed by atoms with Gasteiger partial charge in [-0.2, -0.15) is 15.0 Å². The number of hydrazone groups is 2. The number of fused-ring (bicyclic) bond motifs is 4. The summed E-state index contributed by atoms with van der Waals surface area (Å²) in [4.78, 5) is 0. The summed E-state index contributed by atoms with van der Waals surface area (Å²) >= 11 is 6.22. The maximum atomic E-state index is 6.42. The molecule has 0 amide bonds. The molecule has 0 aliphatic carbocycles. The molecule has 2 N–H and O–H groups in total. The van der Waals surface area contributed by atoms with Crippen LogP contribution < -0.4 is 5.84 Å². The molecule has 0 aliphatic heterocycles. The highest BCUT2D eigenvalue weighted by Crippen LogP contribution is 2.53. The van der Waals surface area contributed by atoms with Gasteiger partial charge in [-0.15, -0.1) is 0 Å². The van der Waals surface area contributed by atoms with Crippen molar-refractivity contribution in [2.75, 3.05) is 21.1 Å². The molecule has 0 fully saturated rings. The number of hydrogen-bond donors (Lipinski definition) is 1. The Balaban J connectivity index is 1.39. The smallest absolute Gasteiger partial charge is 0.237 e. The predicted molar refractivity (Wildman–Crippen MR) is 180 cm³/mol. The Labute approximate surface area is 245 Å². The van der Waals surface area contributed by atoms with E-state index in [1.54, 1.807) is 21.4 Å². The third-order valence-electron chi connectivity index (χ3n) is 7.50. The van der Waals surface area contributed by atoms with Crippen LogP contribution in [0.25, 0.3) is 43.1 Å². The Morgan fingerprint density at radius 3 is 1.15 bits per heavy atom. The lowest BCUT2D eigenvalue weighted by atomic mass is 9.97.